The molecule has 0 amide bonds. The maximum Gasteiger partial charge on any atom is 0.216 e. The number of aromatic nitrogens is 1. The van der Waals surface area contributed by atoms with Gasteiger partial charge in [-0.25, -0.2) is 22.5 Å². The highest BCUT2D eigenvalue weighted by Gasteiger charge is 2.16. The van der Waals surface area contributed by atoms with E-state index in [0.717, 1.165) is 21.1 Å². The molecule has 8 heteroatoms. The highest BCUT2D eigenvalue weighted by molar-refractivity contribution is 7.88. The molecular weight excluding hydrogens is 395 g/mol. The Hall–Kier alpha value is -1.80. The van der Waals surface area contributed by atoms with Gasteiger partial charge in [-0.05, 0) is 30.7 Å². The van der Waals surface area contributed by atoms with Crippen LogP contribution in [0.25, 0.3) is 10.6 Å². The summed E-state index contributed by atoms with van der Waals surface area (Å²) in [5.41, 5.74) is 2.11. The minimum Gasteiger partial charge on any atom is -0.241 e. The molecule has 0 fully saturated rings. The van der Waals surface area contributed by atoms with Crippen molar-refractivity contribution in [1.29, 1.82) is 0 Å². The molecule has 0 aliphatic carbocycles. The molecule has 0 radical (unpaired) electrons. The molecule has 1 heterocycles. The van der Waals surface area contributed by atoms with Gasteiger partial charge in [0.1, 0.15) is 10.8 Å². The van der Waals surface area contributed by atoms with Gasteiger partial charge in [0, 0.05) is 17.0 Å². The first-order chi connectivity index (χ1) is 12.3. The summed E-state index contributed by atoms with van der Waals surface area (Å²) in [5.74, 6) is -0.603. The standard InChI is InChI=1S/C18H16ClFN2O2S2/c1-12-17(25-18(22-12)15-4-2-3-5-16(15)19)10-21-26(23,24)11-13-6-8-14(20)9-7-13/h2-9,21H,10-11H2,1H3. The van der Waals surface area contributed by atoms with E-state index in [-0.39, 0.29) is 12.3 Å². The third-order valence-corrected chi connectivity index (χ3v) is 6.54. The molecular formula is C18H16ClFN2O2S2. The molecule has 1 aromatic heterocycles. The summed E-state index contributed by atoms with van der Waals surface area (Å²) in [6, 6.07) is 12.8. The average molecular weight is 411 g/mol. The third-order valence-electron chi connectivity index (χ3n) is 3.72. The van der Waals surface area contributed by atoms with Gasteiger partial charge in [-0.15, -0.1) is 11.3 Å². The molecule has 0 unspecified atom stereocenters. The fraction of sp³-hybridized carbons (Fsp3) is 0.167. The van der Waals surface area contributed by atoms with E-state index in [1.165, 1.54) is 35.6 Å². The predicted octanol–water partition coefficient (Wildman–Crippen LogP) is 4.53. The zero-order valence-electron chi connectivity index (χ0n) is 13.9. The number of sulfonamides is 1. The van der Waals surface area contributed by atoms with E-state index in [9.17, 15) is 12.8 Å². The lowest BCUT2D eigenvalue weighted by Crippen LogP contribution is -2.24. The predicted molar refractivity (Wildman–Crippen MR) is 103 cm³/mol. The molecule has 4 nitrogen and oxygen atoms in total. The van der Waals surface area contributed by atoms with Crippen molar-refractivity contribution in [3.8, 4) is 10.6 Å². The second-order valence-electron chi connectivity index (χ2n) is 5.71. The molecule has 0 aliphatic rings. The van der Waals surface area contributed by atoms with Gasteiger partial charge in [0.2, 0.25) is 10.0 Å². The molecule has 0 saturated heterocycles. The van der Waals surface area contributed by atoms with Crippen molar-refractivity contribution in [2.24, 2.45) is 0 Å². The van der Waals surface area contributed by atoms with Crippen LogP contribution in [-0.2, 0) is 22.3 Å². The van der Waals surface area contributed by atoms with E-state index in [2.05, 4.69) is 9.71 Å². The summed E-state index contributed by atoms with van der Waals surface area (Å²) in [6.07, 6.45) is 0. The van der Waals surface area contributed by atoms with Crippen LogP contribution in [0, 0.1) is 12.7 Å². The molecule has 0 atom stereocenters. The van der Waals surface area contributed by atoms with E-state index < -0.39 is 15.8 Å². The highest BCUT2D eigenvalue weighted by atomic mass is 35.5. The highest BCUT2D eigenvalue weighted by Crippen LogP contribution is 2.32. The van der Waals surface area contributed by atoms with Crippen LogP contribution in [0.5, 0.6) is 0 Å². The lowest BCUT2D eigenvalue weighted by Gasteiger charge is -2.06. The Morgan fingerprint density at radius 1 is 1.15 bits per heavy atom. The number of halogens is 2. The molecule has 26 heavy (non-hydrogen) atoms. The first kappa shape index (κ1) is 19.0. The SMILES string of the molecule is Cc1nc(-c2ccccc2Cl)sc1CNS(=O)(=O)Cc1ccc(F)cc1. The number of hydrogen-bond donors (Lipinski definition) is 1. The van der Waals surface area contributed by atoms with Gasteiger partial charge in [-0.1, -0.05) is 41.9 Å². The third kappa shape index (κ3) is 4.67. The van der Waals surface area contributed by atoms with Crippen molar-refractivity contribution in [3.05, 3.63) is 75.5 Å². The van der Waals surface area contributed by atoms with E-state index >= 15 is 0 Å². The lowest BCUT2D eigenvalue weighted by molar-refractivity contribution is 0.580. The van der Waals surface area contributed by atoms with Crippen LogP contribution in [0.4, 0.5) is 4.39 Å². The van der Waals surface area contributed by atoms with Gasteiger partial charge in [0.15, 0.2) is 0 Å². The summed E-state index contributed by atoms with van der Waals surface area (Å²) < 4.78 is 40.0. The van der Waals surface area contributed by atoms with Crippen LogP contribution < -0.4 is 4.72 Å². The minimum absolute atomic E-state index is 0.150. The van der Waals surface area contributed by atoms with E-state index in [4.69, 9.17) is 11.6 Å². The van der Waals surface area contributed by atoms with Crippen molar-refractivity contribution in [2.45, 2.75) is 19.2 Å². The second kappa shape index (κ2) is 7.84. The van der Waals surface area contributed by atoms with Gasteiger partial charge in [-0.2, -0.15) is 0 Å². The lowest BCUT2D eigenvalue weighted by atomic mass is 10.2. The molecule has 0 saturated carbocycles. The average Bonchev–Trinajstić information content (AvgIpc) is 2.96. The van der Waals surface area contributed by atoms with Gasteiger partial charge in [0.25, 0.3) is 0 Å². The van der Waals surface area contributed by atoms with E-state index in [1.54, 1.807) is 6.07 Å². The first-order valence-corrected chi connectivity index (χ1v) is 10.6. The molecule has 0 spiro atoms. The number of hydrogen-bond acceptors (Lipinski definition) is 4. The first-order valence-electron chi connectivity index (χ1n) is 7.77. The zero-order valence-corrected chi connectivity index (χ0v) is 16.3. The Bertz CT molecular complexity index is 1020. The second-order valence-corrected chi connectivity index (χ2v) is 9.01. The maximum atomic E-state index is 12.9. The Morgan fingerprint density at radius 3 is 2.54 bits per heavy atom. The summed E-state index contributed by atoms with van der Waals surface area (Å²) in [6.45, 7) is 1.98. The van der Waals surface area contributed by atoms with Crippen molar-refractivity contribution in [2.75, 3.05) is 0 Å². The van der Waals surface area contributed by atoms with Crippen molar-refractivity contribution in [1.82, 2.24) is 9.71 Å². The molecule has 0 bridgehead atoms. The molecule has 136 valence electrons. The number of rotatable bonds is 6. The van der Waals surface area contributed by atoms with Gasteiger partial charge in [0.05, 0.1) is 16.5 Å². The Balaban J connectivity index is 1.71. The van der Waals surface area contributed by atoms with Crippen LogP contribution in [0.15, 0.2) is 48.5 Å². The number of thiazole rings is 1. The number of benzene rings is 2. The Kier molecular flexibility index (Phi) is 5.72. The summed E-state index contributed by atoms with van der Waals surface area (Å²) in [4.78, 5) is 5.32. The van der Waals surface area contributed by atoms with Crippen molar-refractivity contribution < 1.29 is 12.8 Å². The topological polar surface area (TPSA) is 59.1 Å². The van der Waals surface area contributed by atoms with E-state index in [0.29, 0.717) is 10.6 Å². The monoisotopic (exact) mass is 410 g/mol. The van der Waals surface area contributed by atoms with Crippen LogP contribution in [-0.4, -0.2) is 13.4 Å². The van der Waals surface area contributed by atoms with Gasteiger partial charge >= 0.3 is 0 Å². The van der Waals surface area contributed by atoms with Gasteiger partial charge < -0.3 is 0 Å². The summed E-state index contributed by atoms with van der Waals surface area (Å²) in [5, 5.41) is 1.35. The normalized spacial score (nSPS) is 11.7. The van der Waals surface area contributed by atoms with E-state index in [1.807, 2.05) is 25.1 Å². The molecule has 3 aromatic rings. The Labute approximate surface area is 160 Å². The summed E-state index contributed by atoms with van der Waals surface area (Å²) in [7, 11) is -3.55. The fourth-order valence-electron chi connectivity index (χ4n) is 2.37. The van der Waals surface area contributed by atoms with Crippen LogP contribution in [0.1, 0.15) is 16.1 Å². The van der Waals surface area contributed by atoms with Crippen molar-refractivity contribution in [3.63, 3.8) is 0 Å². The molecule has 0 aliphatic heterocycles. The number of nitrogens with zero attached hydrogens (tertiary/aromatic N) is 1. The van der Waals surface area contributed by atoms with Crippen LogP contribution in [0.2, 0.25) is 5.02 Å². The fourth-order valence-corrected chi connectivity index (χ4v) is 4.88. The maximum absolute atomic E-state index is 12.9. The van der Waals surface area contributed by atoms with Gasteiger partial charge in [-0.3, -0.25) is 0 Å². The zero-order chi connectivity index (χ0) is 18.7. The minimum atomic E-state index is -3.55. The van der Waals surface area contributed by atoms with Crippen LogP contribution >= 0.6 is 22.9 Å². The number of nitrogens with one attached hydrogen (secondary N) is 1. The molecule has 2 aromatic carbocycles. The van der Waals surface area contributed by atoms with Crippen LogP contribution in [0.3, 0.4) is 0 Å². The largest absolute Gasteiger partial charge is 0.241 e. The quantitative estimate of drug-likeness (QED) is 0.649. The molecule has 1 N–H and O–H groups in total. The summed E-state index contributed by atoms with van der Waals surface area (Å²) >= 11 is 7.60. The molecule has 3 rings (SSSR count). The Morgan fingerprint density at radius 2 is 1.85 bits per heavy atom. The smallest absolute Gasteiger partial charge is 0.216 e. The van der Waals surface area contributed by atoms with Crippen molar-refractivity contribution >= 4 is 33.0 Å². The number of aryl methyl sites for hydroxylation is 1.